The number of benzene rings is 1. The lowest BCUT2D eigenvalue weighted by atomic mass is 10.1. The van der Waals surface area contributed by atoms with E-state index in [1.54, 1.807) is 40.2 Å². The van der Waals surface area contributed by atoms with Gasteiger partial charge in [0.25, 0.3) is 5.91 Å². The Morgan fingerprint density at radius 3 is 2.68 bits per heavy atom. The molecule has 1 atom stereocenters. The highest BCUT2D eigenvalue weighted by Gasteiger charge is 2.25. The van der Waals surface area contributed by atoms with Crippen LogP contribution in [0.15, 0.2) is 61.1 Å². The third kappa shape index (κ3) is 4.77. The second kappa shape index (κ2) is 9.77. The number of carbonyl (C=O) groups excluding carboxylic acids is 1. The number of amides is 1. The molecule has 3 aromatic heterocycles. The van der Waals surface area contributed by atoms with Crippen molar-refractivity contribution in [3.05, 3.63) is 77.3 Å². The van der Waals surface area contributed by atoms with Crippen molar-refractivity contribution in [2.75, 3.05) is 23.9 Å². The number of nitriles is 1. The molecule has 1 aromatic carbocycles. The largest absolute Gasteiger partial charge is 0.363 e. The summed E-state index contributed by atoms with van der Waals surface area (Å²) < 4.78 is 1.78. The molecule has 1 N–H and O–H groups in total. The van der Waals surface area contributed by atoms with Gasteiger partial charge in [-0.05, 0) is 43.3 Å². The van der Waals surface area contributed by atoms with Crippen molar-refractivity contribution >= 4 is 29.0 Å². The first-order valence-electron chi connectivity index (χ1n) is 10.6. The third-order valence-electron chi connectivity index (χ3n) is 5.34. The number of carbonyl (C=O) groups is 1. The number of nitrogens with one attached hydrogen (secondary N) is 1. The maximum absolute atomic E-state index is 13.3. The Bertz CT molecular complexity index is 1320. The molecule has 0 aliphatic carbocycles. The molecule has 0 saturated heterocycles. The van der Waals surface area contributed by atoms with E-state index in [2.05, 4.69) is 26.3 Å². The number of halogens is 1. The first kappa shape index (κ1) is 23.0. The third-order valence-corrected chi connectivity index (χ3v) is 5.65. The number of hydrogen-bond donors (Lipinski definition) is 1. The number of nitrogens with zero attached hydrogens (tertiary/aromatic N) is 7. The van der Waals surface area contributed by atoms with Gasteiger partial charge in [0.2, 0.25) is 0 Å². The number of hydrogen-bond acceptors (Lipinski definition) is 6. The molecule has 4 aromatic rings. The second-order valence-electron chi connectivity index (χ2n) is 7.99. The average Bonchev–Trinajstić information content (AvgIpc) is 3.52. The lowest BCUT2D eigenvalue weighted by molar-refractivity contribution is 0.0971. The summed E-state index contributed by atoms with van der Waals surface area (Å²) in [6.45, 7) is 2.40. The van der Waals surface area contributed by atoms with E-state index in [9.17, 15) is 4.79 Å². The average molecular weight is 475 g/mol. The van der Waals surface area contributed by atoms with E-state index in [-0.39, 0.29) is 11.9 Å². The van der Waals surface area contributed by atoms with Gasteiger partial charge in [-0.1, -0.05) is 17.7 Å². The van der Waals surface area contributed by atoms with Crippen LogP contribution in [0.3, 0.4) is 0 Å². The van der Waals surface area contributed by atoms with Gasteiger partial charge < -0.3 is 9.80 Å². The molecule has 0 fully saturated rings. The zero-order valence-electron chi connectivity index (χ0n) is 19.0. The van der Waals surface area contributed by atoms with E-state index in [4.69, 9.17) is 16.9 Å². The minimum absolute atomic E-state index is 0.212. The summed E-state index contributed by atoms with van der Waals surface area (Å²) in [6, 6.07) is 14.3. The first-order chi connectivity index (χ1) is 16.4. The molecule has 10 heteroatoms. The van der Waals surface area contributed by atoms with Gasteiger partial charge in [-0.2, -0.15) is 15.5 Å². The number of pyridine rings is 1. The molecule has 0 bridgehead atoms. The fourth-order valence-corrected chi connectivity index (χ4v) is 3.82. The Kier molecular flexibility index (Phi) is 6.61. The summed E-state index contributed by atoms with van der Waals surface area (Å²) in [5, 5.41) is 20.8. The summed E-state index contributed by atoms with van der Waals surface area (Å²) >= 11 is 6.18. The molecule has 0 aliphatic rings. The summed E-state index contributed by atoms with van der Waals surface area (Å²) in [6.07, 6.45) is 5.09. The number of H-pyrrole nitrogens is 1. The van der Waals surface area contributed by atoms with Crippen LogP contribution in [0.1, 0.15) is 23.0 Å². The molecule has 0 radical (unpaired) electrons. The highest BCUT2D eigenvalue weighted by atomic mass is 35.5. The lowest BCUT2D eigenvalue weighted by Crippen LogP contribution is -2.41. The Morgan fingerprint density at radius 2 is 2.06 bits per heavy atom. The second-order valence-corrected chi connectivity index (χ2v) is 8.40. The van der Waals surface area contributed by atoms with Gasteiger partial charge >= 0.3 is 0 Å². The van der Waals surface area contributed by atoms with Gasteiger partial charge in [-0.3, -0.25) is 14.6 Å². The topological polar surface area (TPSA) is 107 Å². The maximum atomic E-state index is 13.3. The minimum Gasteiger partial charge on any atom is -0.363 e. The molecule has 3 heterocycles. The summed E-state index contributed by atoms with van der Waals surface area (Å²) in [5.41, 5.74) is 3.01. The number of aromatic nitrogens is 5. The number of anilines is 2. The van der Waals surface area contributed by atoms with Gasteiger partial charge in [0.05, 0.1) is 40.8 Å². The SMILES string of the molecule is C[C@@H](Cn1ccc(-c2ccc(C#N)c(Cl)c2)n1)N(C(=O)c1ccn[nH]1)c1ccc(N(C)C)nc1. The zero-order valence-corrected chi connectivity index (χ0v) is 19.7. The van der Waals surface area contributed by atoms with Crippen LogP contribution in [-0.4, -0.2) is 51.0 Å². The van der Waals surface area contributed by atoms with Crippen molar-refractivity contribution in [1.29, 1.82) is 5.26 Å². The predicted octanol–water partition coefficient (Wildman–Crippen LogP) is 3.99. The molecule has 4 rings (SSSR count). The minimum atomic E-state index is -0.250. The van der Waals surface area contributed by atoms with E-state index in [0.29, 0.717) is 28.5 Å². The molecule has 172 valence electrons. The normalized spacial score (nSPS) is 11.6. The molecule has 1 amide bonds. The van der Waals surface area contributed by atoms with Crippen LogP contribution in [0, 0.1) is 11.3 Å². The fraction of sp³-hybridized carbons (Fsp3) is 0.208. The molecule has 0 unspecified atom stereocenters. The molecule has 34 heavy (non-hydrogen) atoms. The predicted molar refractivity (Wildman–Crippen MR) is 131 cm³/mol. The Balaban J connectivity index is 1.60. The summed E-state index contributed by atoms with van der Waals surface area (Å²) in [5.74, 6) is 0.582. The number of rotatable bonds is 7. The van der Waals surface area contributed by atoms with Gasteiger partial charge in [0.15, 0.2) is 0 Å². The highest BCUT2D eigenvalue weighted by Crippen LogP contribution is 2.25. The number of aromatic amines is 1. The van der Waals surface area contributed by atoms with Gasteiger partial charge in [-0.25, -0.2) is 4.98 Å². The van der Waals surface area contributed by atoms with E-state index in [1.807, 2.05) is 56.4 Å². The van der Waals surface area contributed by atoms with Crippen LogP contribution < -0.4 is 9.80 Å². The van der Waals surface area contributed by atoms with Gasteiger partial charge in [0, 0.05) is 32.1 Å². The zero-order chi connectivity index (χ0) is 24.2. The molecule has 0 aliphatic heterocycles. The summed E-state index contributed by atoms with van der Waals surface area (Å²) in [7, 11) is 3.82. The van der Waals surface area contributed by atoms with Crippen molar-refractivity contribution < 1.29 is 4.79 Å². The van der Waals surface area contributed by atoms with Crippen molar-refractivity contribution in [3.8, 4) is 17.3 Å². The fourth-order valence-electron chi connectivity index (χ4n) is 3.60. The van der Waals surface area contributed by atoms with Crippen LogP contribution in [0.5, 0.6) is 0 Å². The smallest absolute Gasteiger partial charge is 0.276 e. The van der Waals surface area contributed by atoms with Crippen molar-refractivity contribution in [3.63, 3.8) is 0 Å². The lowest BCUT2D eigenvalue weighted by Gasteiger charge is -2.29. The van der Waals surface area contributed by atoms with Crippen LogP contribution >= 0.6 is 11.6 Å². The maximum Gasteiger partial charge on any atom is 0.276 e. The van der Waals surface area contributed by atoms with E-state index in [1.165, 1.54) is 0 Å². The molecular formula is C24H23ClN8O. The Morgan fingerprint density at radius 1 is 1.24 bits per heavy atom. The van der Waals surface area contributed by atoms with Crippen molar-refractivity contribution in [2.24, 2.45) is 0 Å². The first-order valence-corrected chi connectivity index (χ1v) is 10.9. The highest BCUT2D eigenvalue weighted by molar-refractivity contribution is 6.32. The van der Waals surface area contributed by atoms with Crippen LogP contribution in [0.25, 0.3) is 11.3 Å². The molecule has 9 nitrogen and oxygen atoms in total. The van der Waals surface area contributed by atoms with E-state index in [0.717, 1.165) is 17.1 Å². The van der Waals surface area contributed by atoms with Crippen LogP contribution in [0.4, 0.5) is 11.5 Å². The van der Waals surface area contributed by atoms with E-state index < -0.39 is 0 Å². The molecular weight excluding hydrogens is 452 g/mol. The van der Waals surface area contributed by atoms with Gasteiger partial charge in [-0.15, -0.1) is 0 Å². The quantitative estimate of drug-likeness (QED) is 0.434. The van der Waals surface area contributed by atoms with Gasteiger partial charge in [0.1, 0.15) is 17.6 Å². The van der Waals surface area contributed by atoms with Crippen molar-refractivity contribution in [2.45, 2.75) is 19.5 Å². The van der Waals surface area contributed by atoms with Crippen LogP contribution in [0.2, 0.25) is 5.02 Å². The van der Waals surface area contributed by atoms with Crippen LogP contribution in [-0.2, 0) is 6.54 Å². The van der Waals surface area contributed by atoms with E-state index >= 15 is 0 Å². The monoisotopic (exact) mass is 474 g/mol. The summed E-state index contributed by atoms with van der Waals surface area (Å²) in [4.78, 5) is 21.4. The van der Waals surface area contributed by atoms with Crippen molar-refractivity contribution in [1.82, 2.24) is 25.0 Å². The standard InChI is InChI=1S/C24H23ClN8O/c1-16(15-32-11-9-21(30-32)17-4-5-18(13-26)20(25)12-17)33(24(34)22-8-10-28-29-22)19-6-7-23(27-14-19)31(2)3/h4-12,14,16H,15H2,1-3H3,(H,28,29)/t16-/m0/s1. The molecule has 0 saturated carbocycles. The Hall–Kier alpha value is -4.16. The molecule has 0 spiro atoms. The Labute approximate surface area is 202 Å².